The summed E-state index contributed by atoms with van der Waals surface area (Å²) < 4.78 is 14.1. The SMILES string of the molecule is CC1(C)Oc2ccc(-c3cc4ccccc4cc3N(c3ccc(Br)cc3)c3ccc(Br)cc3)cc2O1. The molecular weight excluding hydrogens is 578 g/mol. The van der Waals surface area contributed by atoms with Gasteiger partial charge in [0.1, 0.15) is 0 Å². The largest absolute Gasteiger partial charge is 0.449 e. The number of ether oxygens (including phenoxy) is 2. The molecule has 6 rings (SSSR count). The molecule has 5 aromatic rings. The standard InChI is InChI=1S/C31H23Br2NO2/c1-31(2)35-29-16-7-22(19-30(29)36-31)27-17-20-5-3-4-6-21(20)18-28(27)34(25-12-8-23(32)9-13-25)26-14-10-24(33)11-15-26/h3-19H,1-2H3. The van der Waals surface area contributed by atoms with Crippen molar-refractivity contribution in [2.24, 2.45) is 0 Å². The van der Waals surface area contributed by atoms with Gasteiger partial charge in [0.25, 0.3) is 0 Å². The fraction of sp³-hybridized carbons (Fsp3) is 0.0968. The lowest BCUT2D eigenvalue weighted by Gasteiger charge is -2.28. The minimum absolute atomic E-state index is 0.673. The number of hydrogen-bond donors (Lipinski definition) is 0. The van der Waals surface area contributed by atoms with Crippen LogP contribution < -0.4 is 14.4 Å². The zero-order valence-electron chi connectivity index (χ0n) is 19.8. The van der Waals surface area contributed by atoms with Crippen LogP contribution in [0.1, 0.15) is 13.8 Å². The van der Waals surface area contributed by atoms with E-state index in [2.05, 4.69) is 134 Å². The molecule has 0 saturated carbocycles. The van der Waals surface area contributed by atoms with E-state index in [9.17, 15) is 0 Å². The minimum atomic E-state index is -0.673. The molecule has 0 spiro atoms. The van der Waals surface area contributed by atoms with E-state index in [1.165, 1.54) is 10.8 Å². The summed E-state index contributed by atoms with van der Waals surface area (Å²) in [5.41, 5.74) is 5.39. The molecule has 36 heavy (non-hydrogen) atoms. The van der Waals surface area contributed by atoms with Crippen LogP contribution in [0.3, 0.4) is 0 Å². The molecular formula is C31H23Br2NO2. The number of benzene rings is 5. The smallest absolute Gasteiger partial charge is 0.246 e. The van der Waals surface area contributed by atoms with Crippen LogP contribution in [-0.2, 0) is 0 Å². The molecule has 0 amide bonds. The first-order valence-electron chi connectivity index (χ1n) is 11.7. The number of halogens is 2. The third-order valence-electron chi connectivity index (χ3n) is 6.24. The normalized spacial score (nSPS) is 13.7. The van der Waals surface area contributed by atoms with Crippen molar-refractivity contribution < 1.29 is 9.47 Å². The van der Waals surface area contributed by atoms with Crippen molar-refractivity contribution in [2.45, 2.75) is 19.6 Å². The summed E-state index contributed by atoms with van der Waals surface area (Å²) in [5, 5.41) is 2.36. The zero-order valence-corrected chi connectivity index (χ0v) is 23.0. The first-order chi connectivity index (χ1) is 17.4. The third-order valence-corrected chi connectivity index (χ3v) is 7.30. The maximum atomic E-state index is 6.09. The van der Waals surface area contributed by atoms with E-state index >= 15 is 0 Å². The summed E-state index contributed by atoms with van der Waals surface area (Å²) in [6.07, 6.45) is 0. The molecule has 0 saturated heterocycles. The lowest BCUT2D eigenvalue weighted by molar-refractivity contribution is -0.0431. The van der Waals surface area contributed by atoms with E-state index in [0.717, 1.165) is 48.6 Å². The van der Waals surface area contributed by atoms with Crippen molar-refractivity contribution in [1.82, 2.24) is 0 Å². The van der Waals surface area contributed by atoms with Gasteiger partial charge >= 0.3 is 0 Å². The molecule has 0 unspecified atom stereocenters. The third kappa shape index (κ3) is 4.38. The van der Waals surface area contributed by atoms with Gasteiger partial charge in [-0.2, -0.15) is 0 Å². The first-order valence-corrected chi connectivity index (χ1v) is 13.3. The fourth-order valence-corrected chi connectivity index (χ4v) is 5.17. The average Bonchev–Trinajstić information content (AvgIpc) is 3.19. The van der Waals surface area contributed by atoms with Gasteiger partial charge in [-0.1, -0.05) is 62.2 Å². The fourth-order valence-electron chi connectivity index (χ4n) is 4.64. The Hall–Kier alpha value is -3.28. The Morgan fingerprint density at radius 1 is 0.611 bits per heavy atom. The van der Waals surface area contributed by atoms with Crippen LogP contribution in [0.5, 0.6) is 11.5 Å². The van der Waals surface area contributed by atoms with Crippen molar-refractivity contribution in [2.75, 3.05) is 4.90 Å². The molecule has 0 atom stereocenters. The van der Waals surface area contributed by atoms with Crippen LogP contribution >= 0.6 is 31.9 Å². The van der Waals surface area contributed by atoms with Crippen LogP contribution in [0, 0.1) is 0 Å². The van der Waals surface area contributed by atoms with Gasteiger partial charge in [0.15, 0.2) is 11.5 Å². The number of hydrogen-bond acceptors (Lipinski definition) is 3. The quantitative estimate of drug-likeness (QED) is 0.205. The Bertz CT molecular complexity index is 1530. The van der Waals surface area contributed by atoms with Crippen LogP contribution in [0.15, 0.2) is 112 Å². The van der Waals surface area contributed by atoms with Crippen molar-refractivity contribution in [1.29, 1.82) is 0 Å². The lowest BCUT2D eigenvalue weighted by atomic mass is 9.97. The van der Waals surface area contributed by atoms with Crippen molar-refractivity contribution in [3.63, 3.8) is 0 Å². The molecule has 0 radical (unpaired) electrons. The number of anilines is 3. The second-order valence-corrected chi connectivity index (χ2v) is 11.1. The predicted molar refractivity (Wildman–Crippen MR) is 155 cm³/mol. The van der Waals surface area contributed by atoms with Crippen molar-refractivity contribution >= 4 is 59.7 Å². The average molecular weight is 601 g/mol. The zero-order chi connectivity index (χ0) is 24.9. The highest BCUT2D eigenvalue weighted by molar-refractivity contribution is 9.10. The molecule has 0 bridgehead atoms. The molecule has 3 nitrogen and oxygen atoms in total. The van der Waals surface area contributed by atoms with Crippen LogP contribution in [0.25, 0.3) is 21.9 Å². The molecule has 0 fully saturated rings. The van der Waals surface area contributed by atoms with Gasteiger partial charge in [-0.05, 0) is 89.1 Å². The minimum Gasteiger partial charge on any atom is -0.449 e. The van der Waals surface area contributed by atoms with E-state index in [-0.39, 0.29) is 0 Å². The Balaban J connectivity index is 1.61. The summed E-state index contributed by atoms with van der Waals surface area (Å²) in [5.74, 6) is 0.854. The van der Waals surface area contributed by atoms with Gasteiger partial charge in [-0.25, -0.2) is 0 Å². The molecule has 0 N–H and O–H groups in total. The Labute approximate surface area is 227 Å². The van der Waals surface area contributed by atoms with Crippen LogP contribution in [-0.4, -0.2) is 5.79 Å². The van der Waals surface area contributed by atoms with Gasteiger partial charge in [-0.15, -0.1) is 0 Å². The second-order valence-electron chi connectivity index (χ2n) is 9.27. The molecule has 0 aromatic heterocycles. The summed E-state index contributed by atoms with van der Waals surface area (Å²) in [7, 11) is 0. The highest BCUT2D eigenvalue weighted by Gasteiger charge is 2.32. The summed E-state index contributed by atoms with van der Waals surface area (Å²) in [6.45, 7) is 3.86. The summed E-state index contributed by atoms with van der Waals surface area (Å²) in [6, 6.07) is 36.0. The van der Waals surface area contributed by atoms with E-state index in [0.29, 0.717) is 0 Å². The van der Waals surface area contributed by atoms with Crippen LogP contribution in [0.4, 0.5) is 17.1 Å². The first kappa shape index (κ1) is 23.1. The number of fused-ring (bicyclic) bond motifs is 2. The Morgan fingerprint density at radius 2 is 1.17 bits per heavy atom. The molecule has 0 aliphatic carbocycles. The number of rotatable bonds is 4. The van der Waals surface area contributed by atoms with E-state index in [1.54, 1.807) is 0 Å². The molecule has 178 valence electrons. The van der Waals surface area contributed by atoms with E-state index < -0.39 is 5.79 Å². The monoisotopic (exact) mass is 599 g/mol. The van der Waals surface area contributed by atoms with Crippen molar-refractivity contribution in [3.05, 3.63) is 112 Å². The molecule has 1 aliphatic rings. The molecule has 5 heteroatoms. The molecule has 1 aliphatic heterocycles. The van der Waals surface area contributed by atoms with E-state index in [1.807, 2.05) is 19.9 Å². The number of nitrogens with zero attached hydrogens (tertiary/aromatic N) is 1. The summed E-state index contributed by atoms with van der Waals surface area (Å²) in [4.78, 5) is 2.30. The van der Waals surface area contributed by atoms with Gasteiger partial charge < -0.3 is 14.4 Å². The maximum absolute atomic E-state index is 6.09. The van der Waals surface area contributed by atoms with Gasteiger partial charge in [0.05, 0.1) is 5.69 Å². The Kier molecular flexibility index (Phi) is 5.78. The van der Waals surface area contributed by atoms with Gasteiger partial charge in [-0.3, -0.25) is 0 Å². The lowest BCUT2D eigenvalue weighted by Crippen LogP contribution is -2.29. The van der Waals surface area contributed by atoms with Gasteiger partial charge in [0, 0.05) is 39.7 Å². The predicted octanol–water partition coefficient (Wildman–Crippen LogP) is 10.0. The molecule has 5 aromatic carbocycles. The van der Waals surface area contributed by atoms with Crippen molar-refractivity contribution in [3.8, 4) is 22.6 Å². The highest BCUT2D eigenvalue weighted by Crippen LogP contribution is 2.46. The Morgan fingerprint density at radius 3 is 1.78 bits per heavy atom. The second kappa shape index (κ2) is 8.99. The van der Waals surface area contributed by atoms with Crippen LogP contribution in [0.2, 0.25) is 0 Å². The molecule has 1 heterocycles. The van der Waals surface area contributed by atoms with E-state index in [4.69, 9.17) is 9.47 Å². The topological polar surface area (TPSA) is 21.7 Å². The highest BCUT2D eigenvalue weighted by atomic mass is 79.9. The summed E-state index contributed by atoms with van der Waals surface area (Å²) >= 11 is 7.18. The van der Waals surface area contributed by atoms with Gasteiger partial charge in [0.2, 0.25) is 5.79 Å². The maximum Gasteiger partial charge on any atom is 0.246 e.